The fourth-order valence-corrected chi connectivity index (χ4v) is 3.00. The number of benzene rings is 2. The zero-order chi connectivity index (χ0) is 14.0. The van der Waals surface area contributed by atoms with Crippen molar-refractivity contribution in [3.8, 4) is 0 Å². The van der Waals surface area contributed by atoms with Crippen LogP contribution in [0.3, 0.4) is 0 Å². The number of halogens is 3. The van der Waals surface area contributed by atoms with Crippen molar-refractivity contribution in [2.75, 3.05) is 0 Å². The third-order valence-corrected chi connectivity index (χ3v) is 4.21. The topological polar surface area (TPSA) is 0 Å². The Morgan fingerprint density at radius 2 is 1.79 bits per heavy atom. The molecule has 0 amide bonds. The monoisotopic (exact) mass is 340 g/mol. The summed E-state index contributed by atoms with van der Waals surface area (Å²) in [7, 11) is 0. The van der Waals surface area contributed by atoms with Gasteiger partial charge in [0, 0.05) is 9.85 Å². The maximum Gasteiger partial charge on any atom is 0.129 e. The molecule has 2 rings (SSSR count). The summed E-state index contributed by atoms with van der Waals surface area (Å²) in [6, 6.07) is 11.6. The van der Waals surface area contributed by atoms with Gasteiger partial charge in [0.25, 0.3) is 0 Å². The molecule has 0 saturated heterocycles. The lowest BCUT2D eigenvalue weighted by Crippen LogP contribution is -1.99. The van der Waals surface area contributed by atoms with E-state index in [-0.39, 0.29) is 10.6 Å². The van der Waals surface area contributed by atoms with Gasteiger partial charge in [-0.25, -0.2) is 4.39 Å². The minimum atomic E-state index is -0.119. The molecule has 100 valence electrons. The number of hydrogen-bond acceptors (Lipinski definition) is 0. The minimum Gasteiger partial charge on any atom is -0.206 e. The van der Waals surface area contributed by atoms with Crippen LogP contribution < -0.4 is 0 Å². The first kappa shape index (κ1) is 14.5. The van der Waals surface area contributed by atoms with Gasteiger partial charge in [0.15, 0.2) is 0 Å². The number of aryl methyl sites for hydroxylation is 2. The number of alkyl halides is 1. The van der Waals surface area contributed by atoms with Gasteiger partial charge in [-0.15, -0.1) is 0 Å². The molecule has 3 heteroatoms. The molecule has 0 N–H and O–H groups in total. The van der Waals surface area contributed by atoms with Crippen LogP contribution in [0, 0.1) is 19.7 Å². The molecule has 0 aliphatic rings. The maximum atomic E-state index is 13.6. The Hall–Kier alpha value is -0.860. The van der Waals surface area contributed by atoms with Gasteiger partial charge in [-0.3, -0.25) is 0 Å². The summed E-state index contributed by atoms with van der Waals surface area (Å²) in [6.45, 7) is 3.59. The molecule has 0 aromatic heterocycles. The summed E-state index contributed by atoms with van der Waals surface area (Å²) in [5, 5.41) is 0.740. The molecular weight excluding hydrogens is 327 g/mol. The SMILES string of the molecule is Cc1cc(C(Br)Cc2cccc(Cl)c2)cc(C)c1F. The molecular formula is C16H15BrClF. The highest BCUT2D eigenvalue weighted by molar-refractivity contribution is 9.09. The van der Waals surface area contributed by atoms with E-state index >= 15 is 0 Å². The van der Waals surface area contributed by atoms with E-state index in [0.717, 1.165) is 22.6 Å². The standard InChI is InChI=1S/C16H15BrClF/c1-10-6-13(7-11(2)16(10)19)15(17)9-12-4-3-5-14(18)8-12/h3-8,15H,9H2,1-2H3. The van der Waals surface area contributed by atoms with Crippen molar-refractivity contribution in [3.05, 3.63) is 69.5 Å². The summed E-state index contributed by atoms with van der Waals surface area (Å²) in [5.41, 5.74) is 3.63. The first-order chi connectivity index (χ1) is 8.97. The second kappa shape index (κ2) is 6.06. The quantitative estimate of drug-likeness (QED) is 0.621. The van der Waals surface area contributed by atoms with Crippen molar-refractivity contribution in [1.29, 1.82) is 0 Å². The first-order valence-corrected chi connectivity index (χ1v) is 7.42. The molecule has 0 bridgehead atoms. The van der Waals surface area contributed by atoms with Crippen molar-refractivity contribution < 1.29 is 4.39 Å². The molecule has 1 unspecified atom stereocenters. The molecule has 0 spiro atoms. The molecule has 2 aromatic rings. The molecule has 0 aliphatic heterocycles. The van der Waals surface area contributed by atoms with Crippen LogP contribution in [-0.2, 0) is 6.42 Å². The van der Waals surface area contributed by atoms with E-state index in [1.807, 2.05) is 36.4 Å². The van der Waals surface area contributed by atoms with E-state index in [1.165, 1.54) is 0 Å². The highest BCUT2D eigenvalue weighted by Crippen LogP contribution is 2.30. The van der Waals surface area contributed by atoms with Crippen molar-refractivity contribution in [1.82, 2.24) is 0 Å². The third-order valence-electron chi connectivity index (χ3n) is 3.12. The first-order valence-electron chi connectivity index (χ1n) is 6.12. The Balaban J connectivity index is 2.23. The molecule has 0 fully saturated rings. The second-order valence-electron chi connectivity index (χ2n) is 4.77. The van der Waals surface area contributed by atoms with Crippen LogP contribution in [-0.4, -0.2) is 0 Å². The largest absolute Gasteiger partial charge is 0.206 e. The third kappa shape index (κ3) is 3.58. The van der Waals surface area contributed by atoms with Crippen LogP contribution >= 0.6 is 27.5 Å². The Morgan fingerprint density at radius 3 is 2.37 bits per heavy atom. The fraction of sp³-hybridized carbons (Fsp3) is 0.250. The van der Waals surface area contributed by atoms with Gasteiger partial charge in [-0.1, -0.05) is 51.8 Å². The fourth-order valence-electron chi connectivity index (χ4n) is 2.15. The molecule has 0 saturated carbocycles. The second-order valence-corrected chi connectivity index (χ2v) is 6.31. The Kier molecular flexibility index (Phi) is 4.64. The van der Waals surface area contributed by atoms with Crippen molar-refractivity contribution in [2.24, 2.45) is 0 Å². The lowest BCUT2D eigenvalue weighted by atomic mass is 10.00. The summed E-state index contributed by atoms with van der Waals surface area (Å²) in [5.74, 6) is -0.119. The van der Waals surface area contributed by atoms with Crippen molar-refractivity contribution >= 4 is 27.5 Å². The maximum absolute atomic E-state index is 13.6. The molecule has 19 heavy (non-hydrogen) atoms. The van der Waals surface area contributed by atoms with Crippen molar-refractivity contribution in [3.63, 3.8) is 0 Å². The number of hydrogen-bond donors (Lipinski definition) is 0. The van der Waals surface area contributed by atoms with Crippen LogP contribution in [0.4, 0.5) is 4.39 Å². The zero-order valence-corrected chi connectivity index (χ0v) is 13.2. The highest BCUT2D eigenvalue weighted by atomic mass is 79.9. The average molecular weight is 342 g/mol. The van der Waals surface area contributed by atoms with Crippen LogP contribution in [0.5, 0.6) is 0 Å². The lowest BCUT2D eigenvalue weighted by molar-refractivity contribution is 0.608. The minimum absolute atomic E-state index is 0.119. The Bertz CT molecular complexity index is 572. The molecule has 0 heterocycles. The van der Waals surface area contributed by atoms with E-state index in [1.54, 1.807) is 13.8 Å². The van der Waals surface area contributed by atoms with Gasteiger partial charge in [-0.05, 0) is 54.7 Å². The van der Waals surface area contributed by atoms with Gasteiger partial charge in [-0.2, -0.15) is 0 Å². The predicted octanol–water partition coefficient (Wildman–Crippen LogP) is 5.77. The average Bonchev–Trinajstić information content (AvgIpc) is 2.35. The van der Waals surface area contributed by atoms with E-state index < -0.39 is 0 Å². The van der Waals surface area contributed by atoms with E-state index in [0.29, 0.717) is 11.1 Å². The predicted molar refractivity (Wildman–Crippen MR) is 82.7 cm³/mol. The Morgan fingerprint density at radius 1 is 1.16 bits per heavy atom. The summed E-state index contributed by atoms with van der Waals surface area (Å²) >= 11 is 9.66. The zero-order valence-electron chi connectivity index (χ0n) is 10.9. The molecule has 0 radical (unpaired) electrons. The van der Waals surface area contributed by atoms with Crippen LogP contribution in [0.2, 0.25) is 5.02 Å². The van der Waals surface area contributed by atoms with Gasteiger partial charge >= 0.3 is 0 Å². The van der Waals surface area contributed by atoms with Crippen LogP contribution in [0.1, 0.15) is 27.1 Å². The Labute approximate surface area is 126 Å². The summed E-state index contributed by atoms with van der Waals surface area (Å²) in [6.07, 6.45) is 0.824. The summed E-state index contributed by atoms with van der Waals surface area (Å²) in [4.78, 5) is 0.156. The van der Waals surface area contributed by atoms with Crippen LogP contribution in [0.25, 0.3) is 0 Å². The normalized spacial score (nSPS) is 12.5. The van der Waals surface area contributed by atoms with E-state index in [4.69, 9.17) is 11.6 Å². The highest BCUT2D eigenvalue weighted by Gasteiger charge is 2.12. The van der Waals surface area contributed by atoms with Gasteiger partial charge in [0.2, 0.25) is 0 Å². The molecule has 0 aliphatic carbocycles. The smallest absolute Gasteiger partial charge is 0.129 e. The van der Waals surface area contributed by atoms with Gasteiger partial charge < -0.3 is 0 Å². The number of rotatable bonds is 3. The van der Waals surface area contributed by atoms with E-state index in [9.17, 15) is 4.39 Å². The lowest BCUT2D eigenvalue weighted by Gasteiger charge is -2.13. The molecule has 2 aromatic carbocycles. The molecule has 1 atom stereocenters. The van der Waals surface area contributed by atoms with Gasteiger partial charge in [0.05, 0.1) is 0 Å². The van der Waals surface area contributed by atoms with Crippen LogP contribution in [0.15, 0.2) is 36.4 Å². The molecule has 0 nitrogen and oxygen atoms in total. The van der Waals surface area contributed by atoms with E-state index in [2.05, 4.69) is 15.9 Å². The van der Waals surface area contributed by atoms with Gasteiger partial charge in [0.1, 0.15) is 5.82 Å². The van der Waals surface area contributed by atoms with Crippen molar-refractivity contribution in [2.45, 2.75) is 25.1 Å². The summed E-state index contributed by atoms with van der Waals surface area (Å²) < 4.78 is 13.6.